The topological polar surface area (TPSA) is 48.3 Å². The maximum Gasteiger partial charge on any atom is 0.262 e. The summed E-state index contributed by atoms with van der Waals surface area (Å²) >= 11 is 0. The average molecular weight is 329 g/mol. The number of nitrogens with zero attached hydrogens (tertiary/aromatic N) is 1. The van der Waals surface area contributed by atoms with E-state index in [1.807, 2.05) is 42.5 Å². The summed E-state index contributed by atoms with van der Waals surface area (Å²) < 4.78 is 6.97. The Morgan fingerprint density at radius 3 is 2.28 bits per heavy atom. The van der Waals surface area contributed by atoms with Crippen LogP contribution in [0.15, 0.2) is 66.7 Å². The molecule has 4 aromatic rings. The molecule has 0 spiro atoms. The van der Waals surface area contributed by atoms with Gasteiger partial charge in [0.1, 0.15) is 12.0 Å². The lowest BCUT2D eigenvalue weighted by Crippen LogP contribution is -2.11. The SMILES string of the molecule is COc1ccc2c3ccc(C=O)cc3n(C(=O)c3ccccc3)c2c1. The van der Waals surface area contributed by atoms with Gasteiger partial charge < -0.3 is 4.74 Å². The normalized spacial score (nSPS) is 10.9. The molecule has 3 aromatic carbocycles. The van der Waals surface area contributed by atoms with E-state index in [0.717, 1.165) is 22.6 Å². The molecule has 0 aliphatic carbocycles. The molecule has 0 aliphatic heterocycles. The van der Waals surface area contributed by atoms with Crippen molar-refractivity contribution in [3.05, 3.63) is 77.9 Å². The molecule has 4 rings (SSSR count). The minimum atomic E-state index is -0.142. The summed E-state index contributed by atoms with van der Waals surface area (Å²) in [6, 6.07) is 20.1. The van der Waals surface area contributed by atoms with Crippen molar-refractivity contribution >= 4 is 34.0 Å². The molecule has 0 saturated carbocycles. The van der Waals surface area contributed by atoms with Crippen LogP contribution in [0.4, 0.5) is 0 Å². The lowest BCUT2D eigenvalue weighted by atomic mass is 10.1. The first-order valence-electron chi connectivity index (χ1n) is 7.90. The molecule has 0 N–H and O–H groups in total. The van der Waals surface area contributed by atoms with Crippen molar-refractivity contribution in [2.75, 3.05) is 7.11 Å². The summed E-state index contributed by atoms with van der Waals surface area (Å²) in [6.45, 7) is 0. The fourth-order valence-corrected chi connectivity index (χ4v) is 3.14. The molecule has 0 radical (unpaired) electrons. The Bertz CT molecular complexity index is 1110. The van der Waals surface area contributed by atoms with Crippen molar-refractivity contribution in [1.82, 2.24) is 4.57 Å². The maximum absolute atomic E-state index is 13.2. The first-order valence-corrected chi connectivity index (χ1v) is 7.90. The lowest BCUT2D eigenvalue weighted by molar-refractivity contribution is 0.0969. The summed E-state index contributed by atoms with van der Waals surface area (Å²) in [6.07, 6.45) is 0.787. The van der Waals surface area contributed by atoms with Gasteiger partial charge in [0.15, 0.2) is 0 Å². The van der Waals surface area contributed by atoms with Gasteiger partial charge in [-0.1, -0.05) is 30.3 Å². The number of rotatable bonds is 3. The number of aldehydes is 1. The van der Waals surface area contributed by atoms with Crippen molar-refractivity contribution < 1.29 is 14.3 Å². The highest BCUT2D eigenvalue weighted by atomic mass is 16.5. The molecule has 0 saturated heterocycles. The third-order valence-electron chi connectivity index (χ3n) is 4.36. The van der Waals surface area contributed by atoms with E-state index >= 15 is 0 Å². The second-order valence-electron chi connectivity index (χ2n) is 5.78. The summed E-state index contributed by atoms with van der Waals surface area (Å²) in [5.41, 5.74) is 2.58. The Labute approximate surface area is 144 Å². The molecule has 1 aromatic heterocycles. The van der Waals surface area contributed by atoms with Gasteiger partial charge in [0.05, 0.1) is 18.1 Å². The minimum absolute atomic E-state index is 0.142. The number of fused-ring (bicyclic) bond motifs is 3. The third kappa shape index (κ3) is 2.39. The number of methoxy groups -OCH3 is 1. The van der Waals surface area contributed by atoms with E-state index in [0.29, 0.717) is 22.4 Å². The van der Waals surface area contributed by atoms with Crippen molar-refractivity contribution in [3.8, 4) is 5.75 Å². The van der Waals surface area contributed by atoms with Crippen LogP contribution >= 0.6 is 0 Å². The van der Waals surface area contributed by atoms with Gasteiger partial charge in [-0.05, 0) is 30.3 Å². The number of aromatic nitrogens is 1. The van der Waals surface area contributed by atoms with Gasteiger partial charge in [0.25, 0.3) is 5.91 Å². The Hall–Kier alpha value is -3.40. The highest BCUT2D eigenvalue weighted by Gasteiger charge is 2.18. The molecule has 25 heavy (non-hydrogen) atoms. The second-order valence-corrected chi connectivity index (χ2v) is 5.78. The third-order valence-corrected chi connectivity index (χ3v) is 4.36. The monoisotopic (exact) mass is 329 g/mol. The average Bonchev–Trinajstić information content (AvgIpc) is 3.00. The van der Waals surface area contributed by atoms with E-state index in [9.17, 15) is 9.59 Å². The largest absolute Gasteiger partial charge is 0.497 e. The smallest absolute Gasteiger partial charge is 0.262 e. The second kappa shape index (κ2) is 5.91. The number of hydrogen-bond acceptors (Lipinski definition) is 3. The Morgan fingerprint density at radius 1 is 0.920 bits per heavy atom. The zero-order valence-electron chi connectivity index (χ0n) is 13.6. The van der Waals surface area contributed by atoms with Gasteiger partial charge in [0, 0.05) is 28.0 Å². The molecule has 0 fully saturated rings. The first kappa shape index (κ1) is 15.1. The zero-order chi connectivity index (χ0) is 17.4. The number of ether oxygens (including phenoxy) is 1. The Kier molecular flexibility index (Phi) is 3.58. The van der Waals surface area contributed by atoms with Crippen molar-refractivity contribution in [2.45, 2.75) is 0 Å². The predicted octanol–water partition coefficient (Wildman–Crippen LogP) is 4.30. The van der Waals surface area contributed by atoms with Crippen LogP contribution < -0.4 is 4.74 Å². The van der Waals surface area contributed by atoms with Gasteiger partial charge in [-0.15, -0.1) is 0 Å². The first-order chi connectivity index (χ1) is 12.2. The number of benzene rings is 3. The summed E-state index contributed by atoms with van der Waals surface area (Å²) in [4.78, 5) is 24.4. The van der Waals surface area contributed by atoms with Gasteiger partial charge in [-0.3, -0.25) is 14.2 Å². The number of carbonyl (C=O) groups is 2. The van der Waals surface area contributed by atoms with Gasteiger partial charge in [-0.25, -0.2) is 0 Å². The molecule has 122 valence electrons. The fraction of sp³-hybridized carbons (Fsp3) is 0.0476. The van der Waals surface area contributed by atoms with Crippen molar-refractivity contribution in [2.24, 2.45) is 0 Å². The summed E-state index contributed by atoms with van der Waals surface area (Å²) in [5, 5.41) is 1.87. The van der Waals surface area contributed by atoms with Crippen LogP contribution in [0.3, 0.4) is 0 Å². The summed E-state index contributed by atoms with van der Waals surface area (Å²) in [7, 11) is 1.59. The van der Waals surface area contributed by atoms with Gasteiger partial charge in [-0.2, -0.15) is 0 Å². The lowest BCUT2D eigenvalue weighted by Gasteiger charge is -2.07. The quantitative estimate of drug-likeness (QED) is 0.526. The van der Waals surface area contributed by atoms with E-state index in [4.69, 9.17) is 4.74 Å². The van der Waals surface area contributed by atoms with Crippen LogP contribution in [0.5, 0.6) is 5.75 Å². The molecular weight excluding hydrogens is 314 g/mol. The van der Waals surface area contributed by atoms with Gasteiger partial charge in [0.2, 0.25) is 0 Å². The number of hydrogen-bond donors (Lipinski definition) is 0. The molecule has 0 amide bonds. The molecule has 0 unspecified atom stereocenters. The Balaban J connectivity index is 2.10. The van der Waals surface area contributed by atoms with E-state index < -0.39 is 0 Å². The van der Waals surface area contributed by atoms with Crippen LogP contribution in [0.2, 0.25) is 0 Å². The highest BCUT2D eigenvalue weighted by Crippen LogP contribution is 2.32. The van der Waals surface area contributed by atoms with Crippen molar-refractivity contribution in [1.29, 1.82) is 0 Å². The molecule has 1 heterocycles. The van der Waals surface area contributed by atoms with Crippen LogP contribution in [-0.4, -0.2) is 23.9 Å². The molecule has 0 bridgehead atoms. The molecule has 0 atom stereocenters. The zero-order valence-corrected chi connectivity index (χ0v) is 13.6. The number of carbonyl (C=O) groups excluding carboxylic acids is 2. The fourth-order valence-electron chi connectivity index (χ4n) is 3.14. The molecule has 0 aliphatic rings. The van der Waals surface area contributed by atoms with E-state index in [1.165, 1.54) is 0 Å². The van der Waals surface area contributed by atoms with Crippen LogP contribution in [0.1, 0.15) is 20.7 Å². The highest BCUT2D eigenvalue weighted by molar-refractivity contribution is 6.17. The van der Waals surface area contributed by atoms with E-state index in [2.05, 4.69) is 0 Å². The van der Waals surface area contributed by atoms with Gasteiger partial charge >= 0.3 is 0 Å². The predicted molar refractivity (Wildman–Crippen MR) is 97.6 cm³/mol. The van der Waals surface area contributed by atoms with E-state index in [-0.39, 0.29) is 5.91 Å². The molecule has 4 heteroatoms. The van der Waals surface area contributed by atoms with Crippen LogP contribution in [-0.2, 0) is 0 Å². The van der Waals surface area contributed by atoms with E-state index in [1.54, 1.807) is 35.9 Å². The van der Waals surface area contributed by atoms with Crippen molar-refractivity contribution in [3.63, 3.8) is 0 Å². The molecular formula is C21H15NO3. The summed E-state index contributed by atoms with van der Waals surface area (Å²) in [5.74, 6) is 0.532. The maximum atomic E-state index is 13.2. The van der Waals surface area contributed by atoms with Crippen LogP contribution in [0, 0.1) is 0 Å². The minimum Gasteiger partial charge on any atom is -0.497 e. The Morgan fingerprint density at radius 2 is 1.60 bits per heavy atom. The van der Waals surface area contributed by atoms with Crippen LogP contribution in [0.25, 0.3) is 21.8 Å². The molecule has 4 nitrogen and oxygen atoms in total. The standard InChI is InChI=1S/C21H15NO3/c1-25-16-8-10-18-17-9-7-14(13-23)11-19(17)22(20(18)12-16)21(24)15-5-3-2-4-6-15/h2-13H,1H3.